The Morgan fingerprint density at radius 3 is 2.54 bits per heavy atom. The Bertz CT molecular complexity index is 874. The van der Waals surface area contributed by atoms with Gasteiger partial charge >= 0.3 is 0 Å². The number of rotatable bonds is 7. The van der Waals surface area contributed by atoms with E-state index in [4.69, 9.17) is 4.52 Å². The third-order valence-corrected chi connectivity index (χ3v) is 5.45. The van der Waals surface area contributed by atoms with Crippen molar-refractivity contribution in [2.75, 3.05) is 21.1 Å². The van der Waals surface area contributed by atoms with Crippen LogP contribution in [-0.4, -0.2) is 54.8 Å². The molecular weight excluding hydrogens is 356 g/mol. The molecule has 1 aromatic carbocycles. The quantitative estimate of drug-likeness (QED) is 0.726. The number of carbonyl (C=O) groups is 1. The summed E-state index contributed by atoms with van der Waals surface area (Å²) in [7, 11) is 0.870. The van der Waals surface area contributed by atoms with Gasteiger partial charge in [-0.25, -0.2) is 8.42 Å². The average Bonchev–Trinajstić information content (AvgIpc) is 3.00. The number of hydrogen-bond donors (Lipinski definition) is 0. The van der Waals surface area contributed by atoms with Crippen molar-refractivity contribution in [1.82, 2.24) is 19.3 Å². The van der Waals surface area contributed by atoms with Gasteiger partial charge in [-0.05, 0) is 24.1 Å². The topological polar surface area (TPSA) is 96.6 Å². The van der Waals surface area contributed by atoms with E-state index in [1.807, 2.05) is 13.8 Å². The Hall–Kier alpha value is -2.26. The smallest absolute Gasteiger partial charge is 0.253 e. The summed E-state index contributed by atoms with van der Waals surface area (Å²) in [5.41, 5.74) is 0.309. The molecule has 2 aromatic rings. The zero-order valence-electron chi connectivity index (χ0n) is 15.6. The molecule has 0 bridgehead atoms. The molecule has 26 heavy (non-hydrogen) atoms. The lowest BCUT2D eigenvalue weighted by atomic mass is 10.1. The van der Waals surface area contributed by atoms with Crippen LogP contribution in [0.2, 0.25) is 0 Å². The maximum Gasteiger partial charge on any atom is 0.253 e. The van der Waals surface area contributed by atoms with Gasteiger partial charge in [0.15, 0.2) is 5.82 Å². The van der Waals surface area contributed by atoms with Crippen LogP contribution in [0, 0.1) is 5.92 Å². The largest absolute Gasteiger partial charge is 0.345 e. The lowest BCUT2D eigenvalue weighted by Crippen LogP contribution is -2.27. The second kappa shape index (κ2) is 7.96. The molecule has 0 spiro atoms. The van der Waals surface area contributed by atoms with Crippen molar-refractivity contribution in [3.63, 3.8) is 0 Å². The van der Waals surface area contributed by atoms with E-state index in [-0.39, 0.29) is 17.3 Å². The first-order valence-corrected chi connectivity index (χ1v) is 9.64. The fraction of sp³-hybridized carbons (Fsp3) is 0.471. The van der Waals surface area contributed by atoms with Gasteiger partial charge in [0.2, 0.25) is 15.9 Å². The molecule has 1 heterocycles. The molecule has 0 unspecified atom stereocenters. The highest BCUT2D eigenvalue weighted by Crippen LogP contribution is 2.18. The molecule has 0 N–H and O–H groups in total. The first-order chi connectivity index (χ1) is 12.1. The molecule has 9 heteroatoms. The summed E-state index contributed by atoms with van der Waals surface area (Å²) in [5.74, 6) is 0.884. The fourth-order valence-corrected chi connectivity index (χ4v) is 3.47. The van der Waals surface area contributed by atoms with Gasteiger partial charge in [-0.1, -0.05) is 25.1 Å². The van der Waals surface area contributed by atoms with Gasteiger partial charge in [-0.2, -0.15) is 9.29 Å². The Kier molecular flexibility index (Phi) is 6.14. The van der Waals surface area contributed by atoms with E-state index in [9.17, 15) is 13.2 Å². The predicted octanol–water partition coefficient (Wildman–Crippen LogP) is 1.79. The molecule has 0 fully saturated rings. The van der Waals surface area contributed by atoms with Crippen molar-refractivity contribution >= 4 is 15.9 Å². The first kappa shape index (κ1) is 20.1. The molecule has 0 aliphatic carbocycles. The number of benzene rings is 1. The molecular formula is C17H24N4O4S. The molecule has 1 aromatic heterocycles. The highest BCUT2D eigenvalue weighted by molar-refractivity contribution is 7.89. The summed E-state index contributed by atoms with van der Waals surface area (Å²) in [6.45, 7) is 4.04. The van der Waals surface area contributed by atoms with Crippen LogP contribution >= 0.6 is 0 Å². The summed E-state index contributed by atoms with van der Waals surface area (Å²) in [6, 6.07) is 5.96. The van der Waals surface area contributed by atoms with Crippen LogP contribution in [0.1, 0.15) is 35.9 Å². The zero-order chi connectivity index (χ0) is 19.5. The zero-order valence-corrected chi connectivity index (χ0v) is 16.4. The number of aromatic nitrogens is 2. The molecule has 0 atom stereocenters. The van der Waals surface area contributed by atoms with Gasteiger partial charge in [0.1, 0.15) is 0 Å². The Morgan fingerprint density at radius 2 is 1.92 bits per heavy atom. The van der Waals surface area contributed by atoms with E-state index in [0.29, 0.717) is 29.6 Å². The van der Waals surface area contributed by atoms with E-state index in [1.165, 1.54) is 24.1 Å². The molecule has 0 aliphatic rings. The summed E-state index contributed by atoms with van der Waals surface area (Å²) < 4.78 is 31.8. The van der Waals surface area contributed by atoms with E-state index in [2.05, 4.69) is 10.1 Å². The van der Waals surface area contributed by atoms with Gasteiger partial charge in [0.25, 0.3) is 5.91 Å². The number of amides is 1. The van der Waals surface area contributed by atoms with Crippen molar-refractivity contribution in [1.29, 1.82) is 0 Å². The number of nitrogens with zero attached hydrogens (tertiary/aromatic N) is 4. The Morgan fingerprint density at radius 1 is 1.23 bits per heavy atom. The summed E-state index contributed by atoms with van der Waals surface area (Å²) in [4.78, 5) is 17.7. The maximum absolute atomic E-state index is 12.8. The van der Waals surface area contributed by atoms with Crippen LogP contribution in [0.15, 0.2) is 33.7 Å². The van der Waals surface area contributed by atoms with Crippen LogP contribution < -0.4 is 0 Å². The third kappa shape index (κ3) is 4.67. The van der Waals surface area contributed by atoms with Crippen molar-refractivity contribution in [2.45, 2.75) is 31.7 Å². The number of sulfonamides is 1. The number of hydrogen-bond acceptors (Lipinski definition) is 6. The third-order valence-electron chi connectivity index (χ3n) is 3.65. The monoisotopic (exact) mass is 380 g/mol. The van der Waals surface area contributed by atoms with Gasteiger partial charge < -0.3 is 9.42 Å². The molecule has 2 rings (SSSR count). The standard InChI is InChI=1S/C17H24N4O4S/c1-12(2)9-16-18-15(19-25-16)11-21(5)26(23,24)14-8-6-7-13(10-14)17(22)20(3)4/h6-8,10,12H,9,11H2,1-5H3. The van der Waals surface area contributed by atoms with Crippen molar-refractivity contribution in [2.24, 2.45) is 5.92 Å². The molecule has 8 nitrogen and oxygen atoms in total. The minimum absolute atomic E-state index is 0.0181. The Balaban J connectivity index is 2.20. The highest BCUT2D eigenvalue weighted by atomic mass is 32.2. The van der Waals surface area contributed by atoms with Crippen molar-refractivity contribution in [3.8, 4) is 0 Å². The SMILES string of the molecule is CC(C)Cc1nc(CN(C)S(=O)(=O)c2cccc(C(=O)N(C)C)c2)no1. The van der Waals surface area contributed by atoms with E-state index in [1.54, 1.807) is 26.2 Å². The minimum atomic E-state index is -3.79. The van der Waals surface area contributed by atoms with Crippen LogP contribution in [0.25, 0.3) is 0 Å². The fourth-order valence-electron chi connectivity index (χ4n) is 2.30. The molecule has 1 amide bonds. The van der Waals surface area contributed by atoms with E-state index in [0.717, 1.165) is 4.31 Å². The van der Waals surface area contributed by atoms with Crippen molar-refractivity contribution < 1.29 is 17.7 Å². The predicted molar refractivity (Wildman–Crippen MR) is 96.0 cm³/mol. The lowest BCUT2D eigenvalue weighted by molar-refractivity contribution is 0.0827. The van der Waals surface area contributed by atoms with Crippen LogP contribution in [0.5, 0.6) is 0 Å². The molecule has 142 valence electrons. The second-order valence-electron chi connectivity index (χ2n) is 6.69. The average molecular weight is 380 g/mol. The molecule has 0 aliphatic heterocycles. The van der Waals surface area contributed by atoms with Gasteiger partial charge in [-0.15, -0.1) is 0 Å². The highest BCUT2D eigenvalue weighted by Gasteiger charge is 2.24. The summed E-state index contributed by atoms with van der Waals surface area (Å²) in [6.07, 6.45) is 0.637. The van der Waals surface area contributed by atoms with Gasteiger partial charge in [-0.3, -0.25) is 4.79 Å². The molecule has 0 saturated heterocycles. The summed E-state index contributed by atoms with van der Waals surface area (Å²) in [5, 5.41) is 3.83. The maximum atomic E-state index is 12.8. The van der Waals surface area contributed by atoms with Gasteiger partial charge in [0, 0.05) is 33.1 Å². The molecule has 0 radical (unpaired) electrons. The van der Waals surface area contributed by atoms with Crippen LogP contribution in [0.3, 0.4) is 0 Å². The van der Waals surface area contributed by atoms with E-state index < -0.39 is 10.0 Å². The summed E-state index contributed by atoms with van der Waals surface area (Å²) >= 11 is 0. The first-order valence-electron chi connectivity index (χ1n) is 8.20. The van der Waals surface area contributed by atoms with Crippen LogP contribution in [-0.2, 0) is 23.0 Å². The normalized spacial score (nSPS) is 12.0. The second-order valence-corrected chi connectivity index (χ2v) is 8.74. The number of carbonyl (C=O) groups excluding carboxylic acids is 1. The van der Waals surface area contributed by atoms with Crippen LogP contribution in [0.4, 0.5) is 0 Å². The van der Waals surface area contributed by atoms with E-state index >= 15 is 0 Å². The Labute approximate surface area is 153 Å². The minimum Gasteiger partial charge on any atom is -0.345 e. The lowest BCUT2D eigenvalue weighted by Gasteiger charge is -2.16. The molecule has 0 saturated carbocycles. The van der Waals surface area contributed by atoms with Gasteiger partial charge in [0.05, 0.1) is 11.4 Å². The van der Waals surface area contributed by atoms with Crippen molar-refractivity contribution in [3.05, 3.63) is 41.5 Å².